The fourth-order valence-electron chi connectivity index (χ4n) is 3.69. The minimum absolute atomic E-state index is 0.124. The minimum atomic E-state index is -0.742. The number of hydrogen-bond acceptors (Lipinski definition) is 8. The van der Waals surface area contributed by atoms with Gasteiger partial charge in [0.1, 0.15) is 21.9 Å². The van der Waals surface area contributed by atoms with Crippen LogP contribution >= 0.6 is 11.3 Å². The fourth-order valence-corrected chi connectivity index (χ4v) is 4.66. The van der Waals surface area contributed by atoms with E-state index in [1.807, 2.05) is 12.1 Å². The van der Waals surface area contributed by atoms with E-state index in [1.54, 1.807) is 18.3 Å². The second kappa shape index (κ2) is 9.36. The number of halogens is 1. The number of carbonyl (C=O) groups is 1. The monoisotopic (exact) mass is 427 g/mol. The number of rotatable bonds is 8. The third-order valence-corrected chi connectivity index (χ3v) is 6.11. The van der Waals surface area contributed by atoms with E-state index in [0.717, 1.165) is 36.8 Å². The normalized spacial score (nSPS) is 17.3. The highest BCUT2D eigenvalue weighted by Gasteiger charge is 2.26. The van der Waals surface area contributed by atoms with E-state index in [1.165, 1.54) is 30.6 Å². The molecule has 1 aromatic carbocycles. The number of benzene rings is 1. The van der Waals surface area contributed by atoms with E-state index in [4.69, 9.17) is 4.74 Å². The Morgan fingerprint density at radius 1 is 1.23 bits per heavy atom. The van der Waals surface area contributed by atoms with E-state index in [9.17, 15) is 9.18 Å². The molecule has 156 valence electrons. The van der Waals surface area contributed by atoms with Gasteiger partial charge in [0, 0.05) is 32.8 Å². The van der Waals surface area contributed by atoms with Crippen molar-refractivity contribution in [1.82, 2.24) is 20.4 Å². The average Bonchev–Trinajstić information content (AvgIpc) is 3.40. The molecule has 9 heteroatoms. The van der Waals surface area contributed by atoms with E-state index in [2.05, 4.69) is 25.3 Å². The number of ether oxygens (including phenoxy) is 1. The molecule has 0 radical (unpaired) electrons. The molecule has 2 aromatic heterocycles. The molecule has 3 heterocycles. The Labute approximate surface area is 177 Å². The average molecular weight is 428 g/mol. The van der Waals surface area contributed by atoms with Gasteiger partial charge in [-0.3, -0.25) is 4.79 Å². The maximum absolute atomic E-state index is 13.1. The molecule has 4 rings (SSSR count). The smallest absolute Gasteiger partial charge is 0.172 e. The highest BCUT2D eigenvalue weighted by molar-refractivity contribution is 7.11. The Balaban J connectivity index is 1.34. The molecule has 0 unspecified atom stereocenters. The van der Waals surface area contributed by atoms with Gasteiger partial charge in [0.15, 0.2) is 11.6 Å². The van der Waals surface area contributed by atoms with Gasteiger partial charge in [0.05, 0.1) is 6.42 Å². The lowest BCUT2D eigenvalue weighted by Gasteiger charge is -2.15. The van der Waals surface area contributed by atoms with Crippen molar-refractivity contribution in [2.75, 3.05) is 25.1 Å². The maximum Gasteiger partial charge on any atom is 0.172 e. The summed E-state index contributed by atoms with van der Waals surface area (Å²) in [6.07, 6.45) is 2.96. The standard InChI is InChI=1S/C21H22FN5O2S/c1-29-21(15-4-6-16(22)7-5-15)17(28)12-20-26-25-19(30-20)11-14-8-10-27(13-14)18-3-2-9-23-24-18/h2-7,9,14,21H,8,10-13H2,1H3/t14-,21+/m0/s1. The van der Waals surface area contributed by atoms with Crippen LogP contribution in [0, 0.1) is 11.7 Å². The van der Waals surface area contributed by atoms with Crippen LogP contribution in [0.5, 0.6) is 0 Å². The van der Waals surface area contributed by atoms with Crippen LogP contribution in [-0.2, 0) is 22.4 Å². The third kappa shape index (κ3) is 4.85. The lowest BCUT2D eigenvalue weighted by atomic mass is 10.0. The molecule has 0 saturated carbocycles. The Hall–Kier alpha value is -2.78. The first-order chi connectivity index (χ1) is 14.6. The van der Waals surface area contributed by atoms with Gasteiger partial charge in [-0.2, -0.15) is 5.10 Å². The van der Waals surface area contributed by atoms with Gasteiger partial charge in [-0.05, 0) is 42.2 Å². The van der Waals surface area contributed by atoms with Crippen molar-refractivity contribution in [2.45, 2.75) is 25.4 Å². The number of aromatic nitrogens is 4. The third-order valence-electron chi connectivity index (χ3n) is 5.17. The number of anilines is 1. The number of nitrogens with zero attached hydrogens (tertiary/aromatic N) is 5. The van der Waals surface area contributed by atoms with Crippen LogP contribution in [0.25, 0.3) is 0 Å². The van der Waals surface area contributed by atoms with Crippen LogP contribution in [0.15, 0.2) is 42.6 Å². The number of Topliss-reactive ketones (excluding diaryl/α,β-unsaturated/α-hetero) is 1. The summed E-state index contributed by atoms with van der Waals surface area (Å²) >= 11 is 1.47. The molecule has 30 heavy (non-hydrogen) atoms. The van der Waals surface area contributed by atoms with Crippen LogP contribution in [-0.4, -0.2) is 46.4 Å². The van der Waals surface area contributed by atoms with Gasteiger partial charge in [0.25, 0.3) is 0 Å². The molecule has 1 saturated heterocycles. The summed E-state index contributed by atoms with van der Waals surface area (Å²) in [5.41, 5.74) is 0.628. The molecule has 0 spiro atoms. The first-order valence-corrected chi connectivity index (χ1v) is 10.6. The number of carbonyl (C=O) groups excluding carboxylic acids is 1. The molecule has 7 nitrogen and oxygen atoms in total. The van der Waals surface area contributed by atoms with Gasteiger partial charge in [-0.25, -0.2) is 4.39 Å². The van der Waals surface area contributed by atoms with E-state index < -0.39 is 6.10 Å². The zero-order valence-electron chi connectivity index (χ0n) is 16.6. The zero-order valence-corrected chi connectivity index (χ0v) is 17.4. The lowest BCUT2D eigenvalue weighted by Crippen LogP contribution is -2.21. The summed E-state index contributed by atoms with van der Waals surface area (Å²) in [6, 6.07) is 9.64. The van der Waals surface area contributed by atoms with Crippen molar-refractivity contribution >= 4 is 22.9 Å². The summed E-state index contributed by atoms with van der Waals surface area (Å²) in [7, 11) is 1.47. The lowest BCUT2D eigenvalue weighted by molar-refractivity contribution is -0.128. The Kier molecular flexibility index (Phi) is 6.39. The van der Waals surface area contributed by atoms with E-state index in [-0.39, 0.29) is 18.0 Å². The summed E-state index contributed by atoms with van der Waals surface area (Å²) in [5, 5.41) is 18.2. The van der Waals surface area contributed by atoms with Gasteiger partial charge < -0.3 is 9.64 Å². The predicted octanol–water partition coefficient (Wildman–Crippen LogP) is 3.04. The SMILES string of the molecule is CO[C@@H](C(=O)Cc1nnc(C[C@@H]2CCN(c3cccnn3)C2)s1)c1ccc(F)cc1. The first-order valence-electron chi connectivity index (χ1n) is 9.77. The minimum Gasteiger partial charge on any atom is -0.369 e. The van der Waals surface area contributed by atoms with Crippen molar-refractivity contribution in [2.24, 2.45) is 5.92 Å². The first kappa shape index (κ1) is 20.5. The number of methoxy groups -OCH3 is 1. The molecule has 3 aromatic rings. The molecular formula is C21H22FN5O2S. The Morgan fingerprint density at radius 2 is 2.03 bits per heavy atom. The molecule has 2 atom stereocenters. The summed E-state index contributed by atoms with van der Waals surface area (Å²) in [5.74, 6) is 0.894. The second-order valence-electron chi connectivity index (χ2n) is 7.29. The molecule has 0 N–H and O–H groups in total. The van der Waals surface area contributed by atoms with Crippen LogP contribution < -0.4 is 4.90 Å². The summed E-state index contributed by atoms with van der Waals surface area (Å²) in [6.45, 7) is 1.85. The Bertz CT molecular complexity index is 983. The van der Waals surface area contributed by atoms with Crippen molar-refractivity contribution in [1.29, 1.82) is 0 Å². The molecule has 0 amide bonds. The molecule has 1 aliphatic rings. The van der Waals surface area contributed by atoms with Crippen molar-refractivity contribution < 1.29 is 13.9 Å². The maximum atomic E-state index is 13.1. The summed E-state index contributed by atoms with van der Waals surface area (Å²) < 4.78 is 18.5. The molecule has 1 aliphatic heterocycles. The van der Waals surface area contributed by atoms with Crippen LogP contribution in [0.1, 0.15) is 28.1 Å². The molecule has 1 fully saturated rings. The highest BCUT2D eigenvalue weighted by atomic mass is 32.1. The van der Waals surface area contributed by atoms with Crippen molar-refractivity contribution in [3.05, 3.63) is 64.0 Å². The number of ketones is 1. The second-order valence-corrected chi connectivity index (χ2v) is 8.43. The zero-order chi connectivity index (χ0) is 20.9. The van der Waals surface area contributed by atoms with Gasteiger partial charge in [-0.15, -0.1) is 26.6 Å². The van der Waals surface area contributed by atoms with Gasteiger partial charge in [0.2, 0.25) is 0 Å². The van der Waals surface area contributed by atoms with Crippen molar-refractivity contribution in [3.63, 3.8) is 0 Å². The highest BCUT2D eigenvalue weighted by Crippen LogP contribution is 2.26. The predicted molar refractivity (Wildman–Crippen MR) is 111 cm³/mol. The van der Waals surface area contributed by atoms with Crippen LogP contribution in [0.3, 0.4) is 0 Å². The van der Waals surface area contributed by atoms with Crippen molar-refractivity contribution in [3.8, 4) is 0 Å². The largest absolute Gasteiger partial charge is 0.369 e. The number of hydrogen-bond donors (Lipinski definition) is 0. The van der Waals surface area contributed by atoms with E-state index >= 15 is 0 Å². The van der Waals surface area contributed by atoms with Gasteiger partial charge >= 0.3 is 0 Å². The van der Waals surface area contributed by atoms with E-state index in [0.29, 0.717) is 16.5 Å². The quantitative estimate of drug-likeness (QED) is 0.547. The topological polar surface area (TPSA) is 81.1 Å². The molecule has 0 aliphatic carbocycles. The molecule has 0 bridgehead atoms. The van der Waals surface area contributed by atoms with Crippen LogP contribution in [0.4, 0.5) is 10.2 Å². The fraction of sp³-hybridized carbons (Fsp3) is 0.381. The molecular weight excluding hydrogens is 405 g/mol. The van der Waals surface area contributed by atoms with Crippen LogP contribution in [0.2, 0.25) is 0 Å². The van der Waals surface area contributed by atoms with Gasteiger partial charge in [-0.1, -0.05) is 12.1 Å². The Morgan fingerprint density at radius 3 is 2.77 bits per heavy atom. The summed E-state index contributed by atoms with van der Waals surface area (Å²) in [4.78, 5) is 14.9.